The summed E-state index contributed by atoms with van der Waals surface area (Å²) < 4.78 is 26.5. The molecule has 1 aromatic heterocycles. The molecule has 5 nitrogen and oxygen atoms in total. The van der Waals surface area contributed by atoms with Crippen molar-refractivity contribution in [1.82, 2.24) is 9.97 Å². The second kappa shape index (κ2) is 7.55. The number of piperidine rings is 1. The minimum Gasteiger partial charge on any atom is -0.338 e. The van der Waals surface area contributed by atoms with E-state index < -0.39 is 17.5 Å². The van der Waals surface area contributed by atoms with E-state index in [-0.39, 0.29) is 11.3 Å². The van der Waals surface area contributed by atoms with Crippen molar-refractivity contribution >= 4 is 17.5 Å². The number of amides is 1. The molecule has 1 aliphatic heterocycles. The lowest BCUT2D eigenvalue weighted by Crippen LogP contribution is -2.40. The van der Waals surface area contributed by atoms with Gasteiger partial charge in [0.2, 0.25) is 5.95 Å². The first-order chi connectivity index (χ1) is 12.1. The lowest BCUT2D eigenvalue weighted by atomic mass is 10.0. The van der Waals surface area contributed by atoms with Crippen molar-refractivity contribution in [3.63, 3.8) is 0 Å². The smallest absolute Gasteiger partial charge is 0.258 e. The van der Waals surface area contributed by atoms with Gasteiger partial charge in [-0.25, -0.2) is 18.7 Å². The van der Waals surface area contributed by atoms with E-state index in [2.05, 4.69) is 27.1 Å². The van der Waals surface area contributed by atoms with Crippen LogP contribution in [0.2, 0.25) is 0 Å². The number of halogens is 2. The second-order valence-electron chi connectivity index (χ2n) is 6.10. The van der Waals surface area contributed by atoms with E-state index in [0.717, 1.165) is 37.9 Å². The van der Waals surface area contributed by atoms with Gasteiger partial charge < -0.3 is 10.2 Å². The number of aromatic nitrogens is 2. The fraction of sp³-hybridized carbons (Fsp3) is 0.389. The number of rotatable bonds is 4. The summed E-state index contributed by atoms with van der Waals surface area (Å²) >= 11 is 0. The highest BCUT2D eigenvalue weighted by Crippen LogP contribution is 2.23. The number of nitrogens with zero attached hydrogens (tertiary/aromatic N) is 3. The van der Waals surface area contributed by atoms with Crippen LogP contribution in [0.3, 0.4) is 0 Å². The van der Waals surface area contributed by atoms with Gasteiger partial charge in [-0.3, -0.25) is 4.79 Å². The first-order valence-electron chi connectivity index (χ1n) is 8.43. The van der Waals surface area contributed by atoms with Crippen molar-refractivity contribution < 1.29 is 13.6 Å². The summed E-state index contributed by atoms with van der Waals surface area (Å²) in [4.78, 5) is 23.0. The lowest BCUT2D eigenvalue weighted by Gasteiger charge is -2.35. The predicted octanol–water partition coefficient (Wildman–Crippen LogP) is 3.78. The maximum absolute atomic E-state index is 13.6. The molecule has 0 bridgehead atoms. The number of hydrogen-bond donors (Lipinski definition) is 1. The molecule has 2 aromatic rings. The molecular weight excluding hydrogens is 326 g/mol. The van der Waals surface area contributed by atoms with Crippen LogP contribution in [0.15, 0.2) is 30.6 Å². The van der Waals surface area contributed by atoms with Crippen LogP contribution in [0.1, 0.15) is 43.0 Å². The largest absolute Gasteiger partial charge is 0.338 e. The van der Waals surface area contributed by atoms with E-state index in [9.17, 15) is 13.6 Å². The van der Waals surface area contributed by atoms with E-state index in [0.29, 0.717) is 12.0 Å². The molecule has 7 heteroatoms. The fourth-order valence-corrected chi connectivity index (χ4v) is 3.06. The third-order valence-corrected chi connectivity index (χ3v) is 4.44. The Morgan fingerprint density at radius 3 is 2.72 bits per heavy atom. The molecule has 132 valence electrons. The van der Waals surface area contributed by atoms with Gasteiger partial charge in [0.15, 0.2) is 0 Å². The van der Waals surface area contributed by atoms with E-state index in [4.69, 9.17) is 0 Å². The normalized spacial score (nSPS) is 17.4. The summed E-state index contributed by atoms with van der Waals surface area (Å²) in [5, 5.41) is 2.40. The van der Waals surface area contributed by atoms with Gasteiger partial charge in [-0.15, -0.1) is 0 Å². The minimum absolute atomic E-state index is 0.0856. The summed E-state index contributed by atoms with van der Waals surface area (Å²) in [5.41, 5.74) is 0.134. The molecule has 1 aromatic carbocycles. The monoisotopic (exact) mass is 346 g/mol. The van der Waals surface area contributed by atoms with E-state index >= 15 is 0 Å². The van der Waals surface area contributed by atoms with Gasteiger partial charge in [0.05, 0.1) is 11.3 Å². The van der Waals surface area contributed by atoms with Crippen molar-refractivity contribution in [3.05, 3.63) is 47.8 Å². The van der Waals surface area contributed by atoms with Crippen LogP contribution in [0.4, 0.5) is 20.4 Å². The average molecular weight is 346 g/mol. The minimum atomic E-state index is -0.829. The molecule has 1 N–H and O–H groups in total. The second-order valence-corrected chi connectivity index (χ2v) is 6.10. The molecule has 0 aliphatic carbocycles. The van der Waals surface area contributed by atoms with Gasteiger partial charge in [-0.1, -0.05) is 6.92 Å². The lowest BCUT2D eigenvalue weighted by molar-refractivity contribution is 0.102. The molecule has 0 radical (unpaired) electrons. The Labute approximate surface area is 145 Å². The zero-order valence-corrected chi connectivity index (χ0v) is 14.0. The fourth-order valence-electron chi connectivity index (χ4n) is 3.06. The zero-order chi connectivity index (χ0) is 17.8. The summed E-state index contributed by atoms with van der Waals surface area (Å²) in [6.07, 6.45) is 7.31. The molecule has 1 unspecified atom stereocenters. The Hall–Kier alpha value is -2.57. The van der Waals surface area contributed by atoms with E-state index in [1.54, 1.807) is 0 Å². The first-order valence-corrected chi connectivity index (χ1v) is 8.43. The topological polar surface area (TPSA) is 58.1 Å². The maximum atomic E-state index is 13.6. The maximum Gasteiger partial charge on any atom is 0.258 e. The quantitative estimate of drug-likeness (QED) is 0.915. The number of carbonyl (C=O) groups excluding carboxylic acids is 1. The molecule has 0 saturated carbocycles. The Bertz CT molecular complexity index is 751. The molecule has 1 atom stereocenters. The first kappa shape index (κ1) is 17.3. The molecule has 1 aliphatic rings. The van der Waals surface area contributed by atoms with Crippen LogP contribution in [0, 0.1) is 11.6 Å². The van der Waals surface area contributed by atoms with Gasteiger partial charge in [-0.2, -0.15) is 0 Å². The predicted molar refractivity (Wildman–Crippen MR) is 91.6 cm³/mol. The van der Waals surface area contributed by atoms with Crippen molar-refractivity contribution in [3.8, 4) is 0 Å². The molecule has 25 heavy (non-hydrogen) atoms. The number of nitrogens with one attached hydrogen (secondary N) is 1. The average Bonchev–Trinajstić information content (AvgIpc) is 2.64. The number of carbonyl (C=O) groups is 1. The van der Waals surface area contributed by atoms with Gasteiger partial charge in [-0.05, 0) is 37.8 Å². The van der Waals surface area contributed by atoms with Crippen LogP contribution in [-0.2, 0) is 0 Å². The third-order valence-electron chi connectivity index (χ3n) is 4.44. The van der Waals surface area contributed by atoms with Gasteiger partial charge >= 0.3 is 0 Å². The molecule has 1 saturated heterocycles. The molecule has 3 rings (SSSR count). The van der Waals surface area contributed by atoms with Gasteiger partial charge in [0.25, 0.3) is 5.91 Å². The molecule has 0 spiro atoms. The van der Waals surface area contributed by atoms with Crippen LogP contribution >= 0.6 is 0 Å². The SMILES string of the molecule is CCC1CCCCN1c1ncc(C(=O)Nc2ccc(F)cc2F)cn1. The van der Waals surface area contributed by atoms with Crippen molar-refractivity contribution in [2.75, 3.05) is 16.8 Å². The highest BCUT2D eigenvalue weighted by Gasteiger charge is 2.23. The van der Waals surface area contributed by atoms with E-state index in [1.807, 2.05) is 0 Å². The number of benzene rings is 1. The van der Waals surface area contributed by atoms with Gasteiger partial charge in [0, 0.05) is 31.0 Å². The van der Waals surface area contributed by atoms with Crippen molar-refractivity contribution in [2.24, 2.45) is 0 Å². The van der Waals surface area contributed by atoms with Crippen LogP contribution in [0.25, 0.3) is 0 Å². The van der Waals surface area contributed by atoms with Crippen molar-refractivity contribution in [2.45, 2.75) is 38.6 Å². The van der Waals surface area contributed by atoms with Crippen molar-refractivity contribution in [1.29, 1.82) is 0 Å². The Morgan fingerprint density at radius 2 is 2.04 bits per heavy atom. The van der Waals surface area contributed by atoms with Gasteiger partial charge in [0.1, 0.15) is 11.6 Å². The van der Waals surface area contributed by atoms with E-state index in [1.165, 1.54) is 24.9 Å². The number of anilines is 2. The van der Waals surface area contributed by atoms with Crippen LogP contribution in [-0.4, -0.2) is 28.5 Å². The molecule has 2 heterocycles. The zero-order valence-electron chi connectivity index (χ0n) is 14.0. The summed E-state index contributed by atoms with van der Waals surface area (Å²) in [6.45, 7) is 3.05. The molecule has 1 fully saturated rings. The molecule has 1 amide bonds. The molecular formula is C18H20F2N4O. The summed E-state index contributed by atoms with van der Waals surface area (Å²) in [6, 6.07) is 3.40. The number of hydrogen-bond acceptors (Lipinski definition) is 4. The third kappa shape index (κ3) is 3.92. The van der Waals surface area contributed by atoms with Crippen LogP contribution in [0.5, 0.6) is 0 Å². The Morgan fingerprint density at radius 1 is 1.28 bits per heavy atom. The Balaban J connectivity index is 1.72. The highest BCUT2D eigenvalue weighted by molar-refractivity contribution is 6.03. The summed E-state index contributed by atoms with van der Waals surface area (Å²) in [7, 11) is 0. The van der Waals surface area contributed by atoms with Crippen LogP contribution < -0.4 is 10.2 Å². The standard InChI is InChI=1S/C18H20F2N4O/c1-2-14-5-3-4-8-24(14)18-21-10-12(11-22-18)17(25)23-16-7-6-13(19)9-15(16)20/h6-7,9-11,14H,2-5,8H2,1H3,(H,23,25). The Kier molecular flexibility index (Phi) is 5.21. The summed E-state index contributed by atoms with van der Waals surface area (Å²) in [5.74, 6) is -1.46. The highest BCUT2D eigenvalue weighted by atomic mass is 19.1.